The lowest BCUT2D eigenvalue weighted by Crippen LogP contribution is -1.45. The van der Waals surface area contributed by atoms with Crippen molar-refractivity contribution in [3.8, 4) is 0 Å². The molecule has 0 aliphatic rings. The van der Waals surface area contributed by atoms with Crippen LogP contribution < -0.4 is 0 Å². The van der Waals surface area contributed by atoms with E-state index < -0.39 is 7.83 Å². The van der Waals surface area contributed by atoms with Gasteiger partial charge in [-0.2, -0.15) is 0 Å². The third-order valence-corrected chi connectivity index (χ3v) is 0. The third-order valence-electron chi connectivity index (χ3n) is 0. The van der Waals surface area contributed by atoms with Crippen molar-refractivity contribution < 1.29 is 8.63 Å². The van der Waals surface area contributed by atoms with Crippen molar-refractivity contribution in [3.05, 3.63) is 0 Å². The monoisotopic (exact) mass is 65.0 g/mol. The van der Waals surface area contributed by atoms with Crippen molar-refractivity contribution in [2.75, 3.05) is 0 Å². The fraction of sp³-hybridized carbons (Fsp3) is 1.00. The van der Waals surface area contributed by atoms with Crippen LogP contribution in [-0.4, -0.2) is 7.83 Å². The summed E-state index contributed by atoms with van der Waals surface area (Å²) in [4.78, 5) is 0. The summed E-state index contributed by atoms with van der Waals surface area (Å²) in [7, 11) is -1.00. The quantitative estimate of drug-likeness (QED) is 0.370. The van der Waals surface area contributed by atoms with Gasteiger partial charge in [0.2, 0.25) is 0 Å². The van der Waals surface area contributed by atoms with Gasteiger partial charge >= 0.3 is 7.83 Å². The molecule has 0 fully saturated rings. The Balaban J connectivity index is 0. The Morgan fingerprint density at radius 3 is 1.25 bits per heavy atom. The molecule has 0 bridgehead atoms. The molecule has 0 aliphatic carbocycles. The van der Waals surface area contributed by atoms with Crippen LogP contribution in [0.15, 0.2) is 0 Å². The predicted octanol–water partition coefficient (Wildman–Crippen LogP) is 1.10. The van der Waals surface area contributed by atoms with E-state index in [9.17, 15) is 8.63 Å². The lowest BCUT2D eigenvalue weighted by atomic mass is 10.6. The summed E-state index contributed by atoms with van der Waals surface area (Å²) in [5.41, 5.74) is 0. The second-order valence-electron chi connectivity index (χ2n) is 0.0825. The molecule has 0 aromatic heterocycles. The first-order valence-electron chi connectivity index (χ1n) is 0.436. The molecule has 3 heteroatoms. The van der Waals surface area contributed by atoms with Gasteiger partial charge in [-0.1, -0.05) is 7.43 Å². The molecule has 0 aromatic carbocycles. The zero-order chi connectivity index (χ0) is 2.71. The van der Waals surface area contributed by atoms with Crippen LogP contribution in [0.25, 0.3) is 0 Å². The standard InChI is InChI=1S/CH4.BF2/c;2-1-3/h1H4;. The van der Waals surface area contributed by atoms with Crippen LogP contribution in [0.5, 0.6) is 0 Å². The first kappa shape index (κ1) is 9.06. The van der Waals surface area contributed by atoms with E-state index in [0.717, 1.165) is 0 Å². The van der Waals surface area contributed by atoms with Gasteiger partial charge in [-0.05, 0) is 0 Å². The average molecular weight is 64.9 g/mol. The molecule has 0 heterocycles. The van der Waals surface area contributed by atoms with Gasteiger partial charge in [-0.3, -0.25) is 8.63 Å². The van der Waals surface area contributed by atoms with E-state index in [-0.39, 0.29) is 7.43 Å². The molecule has 4 heavy (non-hydrogen) atoms. The summed E-state index contributed by atoms with van der Waals surface area (Å²) in [6, 6.07) is 0. The summed E-state index contributed by atoms with van der Waals surface area (Å²) in [5.74, 6) is 0. The predicted molar refractivity (Wildman–Crippen MR) is 14.7 cm³/mol. The Labute approximate surface area is 25.2 Å². The lowest BCUT2D eigenvalue weighted by molar-refractivity contribution is 0.712. The van der Waals surface area contributed by atoms with Gasteiger partial charge in [0.15, 0.2) is 0 Å². The van der Waals surface area contributed by atoms with Crippen molar-refractivity contribution in [1.29, 1.82) is 0 Å². The first-order chi connectivity index (χ1) is 1.41. The summed E-state index contributed by atoms with van der Waals surface area (Å²) in [6.45, 7) is 0. The Morgan fingerprint density at radius 2 is 1.25 bits per heavy atom. The Kier molecular flexibility index (Phi) is 28.7. The Morgan fingerprint density at radius 1 is 1.25 bits per heavy atom. The third kappa shape index (κ3) is 292. The molecule has 0 atom stereocenters. The van der Waals surface area contributed by atoms with Crippen molar-refractivity contribution in [1.82, 2.24) is 0 Å². The van der Waals surface area contributed by atoms with Crippen LogP contribution in [0, 0.1) is 0 Å². The van der Waals surface area contributed by atoms with Crippen molar-refractivity contribution in [3.63, 3.8) is 0 Å². The van der Waals surface area contributed by atoms with E-state index in [1.54, 1.807) is 0 Å². The van der Waals surface area contributed by atoms with E-state index in [1.807, 2.05) is 0 Å². The first-order valence-corrected chi connectivity index (χ1v) is 0.436. The van der Waals surface area contributed by atoms with Crippen LogP contribution in [-0.2, 0) is 0 Å². The SMILES string of the molecule is C.F[B]F. The molecule has 1 radical (unpaired) electrons. The molecule has 0 N–H and O–H groups in total. The van der Waals surface area contributed by atoms with E-state index >= 15 is 0 Å². The van der Waals surface area contributed by atoms with Gasteiger partial charge in [-0.25, -0.2) is 0 Å². The van der Waals surface area contributed by atoms with Crippen molar-refractivity contribution in [2.45, 2.75) is 7.43 Å². The summed E-state index contributed by atoms with van der Waals surface area (Å²) in [6.07, 6.45) is 0. The maximum Gasteiger partial charge on any atom is 0.577 e. The summed E-state index contributed by atoms with van der Waals surface area (Å²) >= 11 is 0. The van der Waals surface area contributed by atoms with Crippen molar-refractivity contribution in [2.24, 2.45) is 0 Å². The number of halogens is 2. The number of rotatable bonds is 0. The molecule has 0 spiro atoms. The highest BCUT2D eigenvalue weighted by Gasteiger charge is 1.62. The summed E-state index contributed by atoms with van der Waals surface area (Å²) < 4.78 is 19.0. The van der Waals surface area contributed by atoms with Gasteiger partial charge in [0.1, 0.15) is 0 Å². The lowest BCUT2D eigenvalue weighted by Gasteiger charge is -1.33. The van der Waals surface area contributed by atoms with E-state index in [1.165, 1.54) is 0 Å². The highest BCUT2D eigenvalue weighted by molar-refractivity contribution is 6.15. The van der Waals surface area contributed by atoms with Crippen LogP contribution in [0.3, 0.4) is 0 Å². The van der Waals surface area contributed by atoms with Gasteiger partial charge in [0.25, 0.3) is 0 Å². The van der Waals surface area contributed by atoms with E-state index in [2.05, 4.69) is 0 Å². The minimum atomic E-state index is -1.00. The molecular formula is CH4BF2. The second kappa shape index (κ2) is 12.7. The molecule has 25 valence electrons. The topological polar surface area (TPSA) is 0 Å². The Hall–Kier alpha value is -0.0751. The van der Waals surface area contributed by atoms with Crippen LogP contribution in [0.1, 0.15) is 7.43 Å². The van der Waals surface area contributed by atoms with Crippen LogP contribution in [0.2, 0.25) is 0 Å². The second-order valence-corrected chi connectivity index (χ2v) is 0.0825. The van der Waals surface area contributed by atoms with Gasteiger partial charge in [-0.15, -0.1) is 0 Å². The fourth-order valence-electron chi connectivity index (χ4n) is 0. The highest BCUT2D eigenvalue weighted by Crippen LogP contribution is 1.49. The molecule has 0 saturated carbocycles. The van der Waals surface area contributed by atoms with Gasteiger partial charge in [0.05, 0.1) is 0 Å². The molecule has 0 aromatic rings. The smallest absolute Gasteiger partial charge is 0.289 e. The zero-order valence-corrected chi connectivity index (χ0v) is 1.33. The molecular weight excluding hydrogens is 60.8 g/mol. The van der Waals surface area contributed by atoms with E-state index in [4.69, 9.17) is 0 Å². The van der Waals surface area contributed by atoms with Crippen LogP contribution >= 0.6 is 0 Å². The molecule has 0 amide bonds. The van der Waals surface area contributed by atoms with Crippen molar-refractivity contribution >= 4 is 7.83 Å². The molecule has 0 rings (SSSR count). The molecule has 0 saturated heterocycles. The highest BCUT2D eigenvalue weighted by atomic mass is 19.2. The molecule has 0 aliphatic heterocycles. The van der Waals surface area contributed by atoms with Crippen LogP contribution in [0.4, 0.5) is 8.63 Å². The normalized spacial score (nSPS) is 3.50. The zero-order valence-electron chi connectivity index (χ0n) is 1.33. The number of hydrogen-bond donors (Lipinski definition) is 0. The molecule has 0 nitrogen and oxygen atoms in total. The van der Waals surface area contributed by atoms with Gasteiger partial charge in [0, 0.05) is 0 Å². The maximum atomic E-state index is 9.50. The molecule has 0 unspecified atom stereocenters. The Bertz CT molecular complexity index is 6.00. The minimum Gasteiger partial charge on any atom is -0.289 e. The fourth-order valence-corrected chi connectivity index (χ4v) is 0. The largest absolute Gasteiger partial charge is 0.577 e. The van der Waals surface area contributed by atoms with E-state index in [0.29, 0.717) is 0 Å². The minimum absolute atomic E-state index is 0. The van der Waals surface area contributed by atoms with Gasteiger partial charge < -0.3 is 0 Å². The average Bonchev–Trinajstić information content (AvgIpc) is 0.918. The number of hydrogen-bond acceptors (Lipinski definition) is 0. The maximum absolute atomic E-state index is 9.50. The summed E-state index contributed by atoms with van der Waals surface area (Å²) in [5, 5.41) is 0.